The lowest BCUT2D eigenvalue weighted by Gasteiger charge is -2.14. The average Bonchev–Trinajstić information content (AvgIpc) is 2.84. The number of nitrogens with one attached hydrogen (secondary N) is 4. The first-order chi connectivity index (χ1) is 16.5. The number of anilines is 4. The minimum absolute atomic E-state index is 0.0844. The molecule has 4 N–H and O–H groups in total. The first kappa shape index (κ1) is 23.8. The number of aromatic nitrogens is 2. The van der Waals surface area contributed by atoms with E-state index in [-0.39, 0.29) is 12.5 Å². The lowest BCUT2D eigenvalue weighted by molar-refractivity contribution is -0.115. The van der Waals surface area contributed by atoms with E-state index in [0.717, 1.165) is 39.4 Å². The van der Waals surface area contributed by atoms with Crippen molar-refractivity contribution in [3.8, 4) is 0 Å². The first-order valence-electron chi connectivity index (χ1n) is 10.9. The predicted octanol–water partition coefficient (Wildman–Crippen LogP) is 6.00. The zero-order valence-electron chi connectivity index (χ0n) is 18.9. The molecular weight excluding hydrogens is 468 g/mol. The largest absolute Gasteiger partial charge is 0.336 e. The van der Waals surface area contributed by atoms with Crippen molar-refractivity contribution in [2.24, 2.45) is 0 Å². The van der Waals surface area contributed by atoms with Gasteiger partial charge in [-0.25, -0.2) is 9.97 Å². The van der Waals surface area contributed by atoms with Crippen molar-refractivity contribution in [2.45, 2.75) is 18.7 Å². The fourth-order valence-electron chi connectivity index (χ4n) is 3.21. The molecule has 0 aliphatic heterocycles. The molecule has 34 heavy (non-hydrogen) atoms. The SMILES string of the molecule is CCNCC(=O)Nc1cccc(SNc2nc3ccccc3nc2Nc2cc(C)ccc2Cl)c1. The number of rotatable bonds is 9. The standard InChI is InChI=1S/C25H25ClN6OS/c1-3-27-15-23(33)28-17-7-6-8-18(14-17)34-32-25-24(29-20-9-4-5-10-21(20)30-25)31-22-13-16(2)11-12-19(22)26/h4-14,27H,3,15H2,1-2H3,(H,28,33)(H,29,31)(H,30,32). The molecule has 0 spiro atoms. The Kier molecular flexibility index (Phi) is 7.84. The number of hydrogen-bond donors (Lipinski definition) is 4. The molecule has 174 valence electrons. The fraction of sp³-hybridized carbons (Fsp3) is 0.160. The maximum absolute atomic E-state index is 12.0. The molecule has 4 aromatic rings. The smallest absolute Gasteiger partial charge is 0.238 e. The number of hydrogen-bond acceptors (Lipinski definition) is 7. The van der Waals surface area contributed by atoms with E-state index in [9.17, 15) is 4.79 Å². The minimum atomic E-state index is -0.0844. The summed E-state index contributed by atoms with van der Waals surface area (Å²) in [6, 6.07) is 21.1. The molecule has 0 fully saturated rings. The predicted molar refractivity (Wildman–Crippen MR) is 142 cm³/mol. The second kappa shape index (κ2) is 11.2. The number of carbonyl (C=O) groups excluding carboxylic acids is 1. The van der Waals surface area contributed by atoms with Gasteiger partial charge in [-0.1, -0.05) is 42.8 Å². The third kappa shape index (κ3) is 6.17. The number of halogens is 1. The van der Waals surface area contributed by atoms with Crippen LogP contribution in [0.15, 0.2) is 71.6 Å². The fourth-order valence-corrected chi connectivity index (χ4v) is 4.06. The van der Waals surface area contributed by atoms with Gasteiger partial charge in [0, 0.05) is 10.6 Å². The van der Waals surface area contributed by atoms with Crippen LogP contribution in [-0.2, 0) is 4.79 Å². The van der Waals surface area contributed by atoms with E-state index in [1.165, 1.54) is 11.9 Å². The van der Waals surface area contributed by atoms with Crippen molar-refractivity contribution in [3.05, 3.63) is 77.3 Å². The summed E-state index contributed by atoms with van der Waals surface area (Å²) in [5.74, 6) is 1.05. The van der Waals surface area contributed by atoms with Gasteiger partial charge in [0.2, 0.25) is 5.91 Å². The van der Waals surface area contributed by atoms with Crippen LogP contribution in [0.25, 0.3) is 11.0 Å². The second-order valence-electron chi connectivity index (χ2n) is 7.58. The Bertz CT molecular complexity index is 1320. The molecule has 1 heterocycles. The van der Waals surface area contributed by atoms with Gasteiger partial charge in [0.15, 0.2) is 11.6 Å². The number of amides is 1. The van der Waals surface area contributed by atoms with Crippen molar-refractivity contribution in [1.82, 2.24) is 15.3 Å². The Labute approximate surface area is 207 Å². The summed E-state index contributed by atoms with van der Waals surface area (Å²) in [5, 5.41) is 9.83. The molecule has 0 aliphatic rings. The summed E-state index contributed by atoms with van der Waals surface area (Å²) < 4.78 is 3.30. The highest BCUT2D eigenvalue weighted by molar-refractivity contribution is 8.00. The number of nitrogens with zero attached hydrogens (tertiary/aromatic N) is 2. The summed E-state index contributed by atoms with van der Waals surface area (Å²) in [6.07, 6.45) is 0. The molecule has 4 rings (SSSR count). The van der Waals surface area contributed by atoms with Crippen molar-refractivity contribution in [3.63, 3.8) is 0 Å². The van der Waals surface area contributed by atoms with Gasteiger partial charge in [-0.15, -0.1) is 0 Å². The van der Waals surface area contributed by atoms with Crippen LogP contribution < -0.4 is 20.7 Å². The highest BCUT2D eigenvalue weighted by Crippen LogP contribution is 2.32. The Balaban J connectivity index is 1.56. The average molecular weight is 493 g/mol. The summed E-state index contributed by atoms with van der Waals surface area (Å²) in [6.45, 7) is 4.98. The van der Waals surface area contributed by atoms with E-state index in [2.05, 4.69) is 20.7 Å². The molecular formula is C25H25ClN6OS. The van der Waals surface area contributed by atoms with Crippen molar-refractivity contribution >= 4 is 63.5 Å². The second-order valence-corrected chi connectivity index (χ2v) is 8.87. The van der Waals surface area contributed by atoms with E-state index < -0.39 is 0 Å². The third-order valence-corrected chi connectivity index (χ3v) is 5.98. The molecule has 0 atom stereocenters. The van der Waals surface area contributed by atoms with Crippen molar-refractivity contribution < 1.29 is 4.79 Å². The van der Waals surface area contributed by atoms with Crippen LogP contribution in [0.1, 0.15) is 12.5 Å². The Morgan fingerprint density at radius 3 is 2.50 bits per heavy atom. The van der Waals surface area contributed by atoms with Gasteiger partial charge in [0.25, 0.3) is 0 Å². The van der Waals surface area contributed by atoms with Crippen LogP contribution in [-0.4, -0.2) is 29.0 Å². The molecule has 0 saturated carbocycles. The van der Waals surface area contributed by atoms with Crippen molar-refractivity contribution in [2.75, 3.05) is 28.4 Å². The third-order valence-electron chi connectivity index (χ3n) is 4.86. The van der Waals surface area contributed by atoms with Gasteiger partial charge < -0.3 is 20.7 Å². The maximum atomic E-state index is 12.0. The van der Waals surface area contributed by atoms with Crippen molar-refractivity contribution in [1.29, 1.82) is 0 Å². The monoisotopic (exact) mass is 492 g/mol. The first-order valence-corrected chi connectivity index (χ1v) is 12.0. The van der Waals surface area contributed by atoms with E-state index >= 15 is 0 Å². The summed E-state index contributed by atoms with van der Waals surface area (Å²) in [7, 11) is 0. The van der Waals surface area contributed by atoms with E-state index in [1.54, 1.807) is 0 Å². The number of fused-ring (bicyclic) bond motifs is 1. The molecule has 1 amide bonds. The lowest BCUT2D eigenvalue weighted by atomic mass is 10.2. The van der Waals surface area contributed by atoms with Crippen LogP contribution >= 0.6 is 23.5 Å². The molecule has 1 aromatic heterocycles. The molecule has 0 saturated heterocycles. The van der Waals surface area contributed by atoms with E-state index in [4.69, 9.17) is 21.6 Å². The van der Waals surface area contributed by atoms with E-state index in [0.29, 0.717) is 16.7 Å². The lowest BCUT2D eigenvalue weighted by Crippen LogP contribution is -2.27. The Morgan fingerprint density at radius 1 is 0.971 bits per heavy atom. The minimum Gasteiger partial charge on any atom is -0.336 e. The molecule has 3 aromatic carbocycles. The topological polar surface area (TPSA) is 91.0 Å². The quantitative estimate of drug-likeness (QED) is 0.213. The Hall–Kier alpha value is -3.33. The van der Waals surface area contributed by atoms with Crippen LogP contribution in [0.3, 0.4) is 0 Å². The van der Waals surface area contributed by atoms with Gasteiger partial charge in [0.1, 0.15) is 0 Å². The number of aryl methyl sites for hydroxylation is 1. The Morgan fingerprint density at radius 2 is 1.74 bits per heavy atom. The van der Waals surface area contributed by atoms with Crippen LogP contribution in [0, 0.1) is 6.92 Å². The van der Waals surface area contributed by atoms with Gasteiger partial charge in [0.05, 0.1) is 28.3 Å². The molecule has 0 aliphatic carbocycles. The zero-order valence-corrected chi connectivity index (χ0v) is 20.4. The van der Waals surface area contributed by atoms with Crippen LogP contribution in [0.4, 0.5) is 23.0 Å². The number of benzene rings is 3. The van der Waals surface area contributed by atoms with Gasteiger partial charge in [-0.05, 0) is 73.4 Å². The van der Waals surface area contributed by atoms with Gasteiger partial charge in [-0.3, -0.25) is 4.79 Å². The maximum Gasteiger partial charge on any atom is 0.238 e. The number of carbonyl (C=O) groups is 1. The van der Waals surface area contributed by atoms with Gasteiger partial charge >= 0.3 is 0 Å². The van der Waals surface area contributed by atoms with E-state index in [1.807, 2.05) is 80.6 Å². The summed E-state index contributed by atoms with van der Waals surface area (Å²) in [5.41, 5.74) is 4.11. The zero-order chi connectivity index (χ0) is 23.9. The molecule has 0 unspecified atom stereocenters. The normalized spacial score (nSPS) is 10.8. The highest BCUT2D eigenvalue weighted by Gasteiger charge is 2.12. The molecule has 7 nitrogen and oxygen atoms in total. The van der Waals surface area contributed by atoms with Crippen LogP contribution in [0.2, 0.25) is 5.02 Å². The molecule has 0 radical (unpaired) electrons. The number of para-hydroxylation sites is 2. The van der Waals surface area contributed by atoms with Crippen LogP contribution in [0.5, 0.6) is 0 Å². The molecule has 0 bridgehead atoms. The highest BCUT2D eigenvalue weighted by atomic mass is 35.5. The van der Waals surface area contributed by atoms with Gasteiger partial charge in [-0.2, -0.15) is 0 Å². The molecule has 9 heteroatoms. The summed E-state index contributed by atoms with van der Waals surface area (Å²) in [4.78, 5) is 22.5. The number of likely N-dealkylation sites (N-methyl/N-ethyl adjacent to an activating group) is 1. The summed E-state index contributed by atoms with van der Waals surface area (Å²) >= 11 is 7.79.